The molecule has 0 unspecified atom stereocenters. The summed E-state index contributed by atoms with van der Waals surface area (Å²) in [5.41, 5.74) is 2.82. The number of halogens is 1. The lowest BCUT2D eigenvalue weighted by molar-refractivity contribution is -0.0498. The van der Waals surface area contributed by atoms with Crippen LogP contribution < -0.4 is 0 Å². The molecular formula is C27H45Cl. The highest BCUT2D eigenvalue weighted by Gasteiger charge is 2.58. The Morgan fingerprint density at radius 2 is 1.79 bits per heavy atom. The Labute approximate surface area is 180 Å². The fraction of sp³-hybridized carbons (Fsp3) is 0.926. The van der Waals surface area contributed by atoms with Gasteiger partial charge in [0, 0.05) is 5.38 Å². The predicted molar refractivity (Wildman–Crippen MR) is 123 cm³/mol. The minimum atomic E-state index is 0.396. The highest BCUT2D eigenvalue weighted by molar-refractivity contribution is 6.20. The molecule has 0 spiro atoms. The van der Waals surface area contributed by atoms with Crippen LogP contribution in [0.15, 0.2) is 11.6 Å². The normalized spacial score (nSPS) is 46.5. The van der Waals surface area contributed by atoms with Crippen molar-refractivity contribution in [1.29, 1.82) is 0 Å². The molecule has 3 saturated carbocycles. The molecule has 0 bridgehead atoms. The molecule has 3 fully saturated rings. The van der Waals surface area contributed by atoms with Gasteiger partial charge in [0.1, 0.15) is 0 Å². The van der Waals surface area contributed by atoms with E-state index in [4.69, 9.17) is 11.6 Å². The number of alkyl halides is 1. The third-order valence-corrected chi connectivity index (χ3v) is 10.6. The van der Waals surface area contributed by atoms with Crippen LogP contribution in [0.1, 0.15) is 105 Å². The summed E-state index contributed by atoms with van der Waals surface area (Å²) < 4.78 is 0. The number of allylic oxidation sites excluding steroid dienone is 2. The molecule has 0 N–H and O–H groups in total. The summed E-state index contributed by atoms with van der Waals surface area (Å²) in [5.74, 6) is 5.62. The molecule has 0 aromatic carbocycles. The number of rotatable bonds is 5. The van der Waals surface area contributed by atoms with E-state index in [1.807, 2.05) is 0 Å². The zero-order valence-electron chi connectivity index (χ0n) is 19.3. The van der Waals surface area contributed by atoms with E-state index in [0.29, 0.717) is 16.2 Å². The van der Waals surface area contributed by atoms with Crippen LogP contribution in [-0.2, 0) is 0 Å². The molecule has 0 aromatic heterocycles. The van der Waals surface area contributed by atoms with Gasteiger partial charge in [-0.05, 0) is 97.7 Å². The summed E-state index contributed by atoms with van der Waals surface area (Å²) >= 11 is 6.56. The molecule has 8 atom stereocenters. The molecule has 4 rings (SSSR count). The Morgan fingerprint density at radius 3 is 2.54 bits per heavy atom. The SMILES string of the molecule is CC(C)CCC[C@H](C)[C@@H]1CC[C@@H]2[C@@H]3CC=C4C[C@H](Cl)CC[C@]4(C)[C@H]3CC[C@@]21C. The fourth-order valence-electron chi connectivity index (χ4n) is 8.64. The van der Waals surface area contributed by atoms with Gasteiger partial charge >= 0.3 is 0 Å². The maximum atomic E-state index is 6.56. The molecule has 4 aliphatic carbocycles. The van der Waals surface area contributed by atoms with Crippen molar-refractivity contribution >= 4 is 11.6 Å². The number of fused-ring (bicyclic) bond motifs is 5. The molecule has 160 valence electrons. The van der Waals surface area contributed by atoms with E-state index in [1.54, 1.807) is 5.57 Å². The Kier molecular flexibility index (Phi) is 6.03. The molecule has 28 heavy (non-hydrogen) atoms. The van der Waals surface area contributed by atoms with Crippen LogP contribution in [0.3, 0.4) is 0 Å². The van der Waals surface area contributed by atoms with E-state index in [9.17, 15) is 0 Å². The van der Waals surface area contributed by atoms with Crippen molar-refractivity contribution in [3.63, 3.8) is 0 Å². The predicted octanol–water partition coefficient (Wildman–Crippen LogP) is 8.64. The van der Waals surface area contributed by atoms with Crippen LogP contribution in [0, 0.1) is 46.3 Å². The van der Waals surface area contributed by atoms with Crippen LogP contribution in [-0.4, -0.2) is 5.38 Å². The Balaban J connectivity index is 1.49. The Morgan fingerprint density at radius 1 is 1.00 bits per heavy atom. The molecule has 0 saturated heterocycles. The van der Waals surface area contributed by atoms with Gasteiger partial charge in [0.15, 0.2) is 0 Å². The first-order valence-electron chi connectivity index (χ1n) is 12.6. The molecular weight excluding hydrogens is 360 g/mol. The van der Waals surface area contributed by atoms with Crippen LogP contribution in [0.25, 0.3) is 0 Å². The van der Waals surface area contributed by atoms with Crippen molar-refractivity contribution in [2.24, 2.45) is 46.3 Å². The summed E-state index contributed by atoms with van der Waals surface area (Å²) in [4.78, 5) is 0. The quantitative estimate of drug-likeness (QED) is 0.317. The standard InChI is InChI=1S/C27H45Cl/c1-18(2)7-6-8-19(3)23-11-12-24-22-10-9-20-17-21(28)13-15-26(20,4)25(22)14-16-27(23,24)5/h9,18-19,21-25H,6-8,10-17H2,1-5H3/t19-,21+,22-,23-,24+,25-,26-,27+/m0/s1. The summed E-state index contributed by atoms with van der Waals surface area (Å²) in [6.45, 7) is 12.7. The molecule has 0 heterocycles. The lowest BCUT2D eigenvalue weighted by Crippen LogP contribution is -2.50. The first-order chi connectivity index (χ1) is 13.3. The summed E-state index contributed by atoms with van der Waals surface area (Å²) in [6.07, 6.45) is 18.0. The average Bonchev–Trinajstić information content (AvgIpc) is 2.99. The van der Waals surface area contributed by atoms with Gasteiger partial charge in [0.25, 0.3) is 0 Å². The second-order valence-corrected chi connectivity index (χ2v) is 12.7. The second-order valence-electron chi connectivity index (χ2n) is 12.1. The van der Waals surface area contributed by atoms with E-state index in [1.165, 1.54) is 70.6 Å². The van der Waals surface area contributed by atoms with Gasteiger partial charge in [-0.15, -0.1) is 11.6 Å². The van der Waals surface area contributed by atoms with Crippen molar-refractivity contribution < 1.29 is 0 Å². The van der Waals surface area contributed by atoms with Crippen molar-refractivity contribution in [2.75, 3.05) is 0 Å². The summed E-state index contributed by atoms with van der Waals surface area (Å²) in [5, 5.41) is 0.396. The molecule has 4 aliphatic rings. The van der Waals surface area contributed by atoms with Crippen LogP contribution in [0.5, 0.6) is 0 Å². The van der Waals surface area contributed by atoms with Gasteiger partial charge < -0.3 is 0 Å². The van der Waals surface area contributed by atoms with Gasteiger partial charge in [-0.3, -0.25) is 0 Å². The van der Waals surface area contributed by atoms with Crippen LogP contribution in [0.4, 0.5) is 0 Å². The molecule has 0 aliphatic heterocycles. The first kappa shape index (κ1) is 21.3. The van der Waals surface area contributed by atoms with Crippen LogP contribution in [0.2, 0.25) is 0 Å². The lowest BCUT2D eigenvalue weighted by Gasteiger charge is -2.58. The van der Waals surface area contributed by atoms with Gasteiger partial charge in [-0.1, -0.05) is 65.5 Å². The average molecular weight is 405 g/mol. The minimum absolute atomic E-state index is 0.396. The Hall–Kier alpha value is 0.0300. The lowest BCUT2D eigenvalue weighted by atomic mass is 9.47. The molecule has 1 heteroatoms. The minimum Gasteiger partial charge on any atom is -0.123 e. The van der Waals surface area contributed by atoms with E-state index in [0.717, 1.165) is 35.5 Å². The number of hydrogen-bond acceptors (Lipinski definition) is 0. The smallest absolute Gasteiger partial charge is 0.0373 e. The largest absolute Gasteiger partial charge is 0.123 e. The maximum absolute atomic E-state index is 6.56. The summed E-state index contributed by atoms with van der Waals surface area (Å²) in [7, 11) is 0. The molecule has 0 aromatic rings. The molecule has 0 nitrogen and oxygen atoms in total. The van der Waals surface area contributed by atoms with E-state index in [-0.39, 0.29) is 0 Å². The Bertz CT molecular complexity index is 591. The summed E-state index contributed by atoms with van der Waals surface area (Å²) in [6, 6.07) is 0. The fourth-order valence-corrected chi connectivity index (χ4v) is 8.92. The van der Waals surface area contributed by atoms with Crippen molar-refractivity contribution in [3.8, 4) is 0 Å². The maximum Gasteiger partial charge on any atom is 0.0373 e. The molecule has 0 amide bonds. The van der Waals surface area contributed by atoms with Gasteiger partial charge in [0.05, 0.1) is 0 Å². The van der Waals surface area contributed by atoms with Crippen molar-refractivity contribution in [2.45, 2.75) is 111 Å². The van der Waals surface area contributed by atoms with Gasteiger partial charge in [-0.2, -0.15) is 0 Å². The molecule has 0 radical (unpaired) electrons. The number of hydrogen-bond donors (Lipinski definition) is 0. The zero-order chi connectivity index (χ0) is 20.1. The van der Waals surface area contributed by atoms with Gasteiger partial charge in [0.2, 0.25) is 0 Å². The zero-order valence-corrected chi connectivity index (χ0v) is 20.0. The first-order valence-corrected chi connectivity index (χ1v) is 13.0. The van der Waals surface area contributed by atoms with E-state index < -0.39 is 0 Å². The highest BCUT2D eigenvalue weighted by atomic mass is 35.5. The van der Waals surface area contributed by atoms with E-state index in [2.05, 4.69) is 40.7 Å². The van der Waals surface area contributed by atoms with Crippen LogP contribution >= 0.6 is 11.6 Å². The highest BCUT2D eigenvalue weighted by Crippen LogP contribution is 2.67. The van der Waals surface area contributed by atoms with Gasteiger partial charge in [-0.25, -0.2) is 0 Å². The third kappa shape index (κ3) is 3.52. The second kappa shape index (κ2) is 7.94. The van der Waals surface area contributed by atoms with Crippen molar-refractivity contribution in [3.05, 3.63) is 11.6 Å². The monoisotopic (exact) mass is 404 g/mol. The van der Waals surface area contributed by atoms with Crippen molar-refractivity contribution in [1.82, 2.24) is 0 Å². The topological polar surface area (TPSA) is 0 Å². The third-order valence-electron chi connectivity index (χ3n) is 10.2. The van der Waals surface area contributed by atoms with E-state index >= 15 is 0 Å².